The number of benzene rings is 3. The van der Waals surface area contributed by atoms with Crippen molar-refractivity contribution >= 4 is 28.4 Å². The third-order valence-electron chi connectivity index (χ3n) is 6.97. The first-order valence-corrected chi connectivity index (χ1v) is 13.6. The lowest BCUT2D eigenvalue weighted by atomic mass is 9.91. The zero-order chi connectivity index (χ0) is 27.3. The van der Waals surface area contributed by atoms with E-state index in [1.54, 1.807) is 12.1 Å². The maximum atomic E-state index is 12.5. The summed E-state index contributed by atoms with van der Waals surface area (Å²) in [4.78, 5) is 24.8. The number of rotatable bonds is 16. The van der Waals surface area contributed by atoms with Gasteiger partial charge in [0.1, 0.15) is 5.78 Å². The van der Waals surface area contributed by atoms with Crippen LogP contribution in [0.25, 0.3) is 16.8 Å². The molecule has 2 N–H and O–H groups in total. The number of carbonyl (C=O) groups is 2. The SMILES string of the molecule is CCCC(CCCO)CCCC(=O)CC(=O)C=Cc1cc(Cc2ccc3ccccc3c2)c(O)c(OC)c1. The Morgan fingerprint density at radius 3 is 2.47 bits per heavy atom. The highest BCUT2D eigenvalue weighted by molar-refractivity contribution is 6.06. The molecule has 1 atom stereocenters. The summed E-state index contributed by atoms with van der Waals surface area (Å²) in [5, 5.41) is 22.1. The molecule has 0 saturated carbocycles. The predicted molar refractivity (Wildman–Crippen MR) is 154 cm³/mol. The van der Waals surface area contributed by atoms with Gasteiger partial charge < -0.3 is 14.9 Å². The Hall–Kier alpha value is -3.44. The summed E-state index contributed by atoms with van der Waals surface area (Å²) in [7, 11) is 1.50. The molecule has 3 aromatic rings. The molecule has 0 aliphatic rings. The number of allylic oxidation sites excluding steroid dienone is 1. The molecule has 0 fully saturated rings. The third-order valence-corrected chi connectivity index (χ3v) is 6.97. The molecule has 3 aromatic carbocycles. The van der Waals surface area contributed by atoms with E-state index in [1.807, 2.05) is 24.3 Å². The fraction of sp³-hybridized carbons (Fsp3) is 0.394. The molecule has 3 rings (SSSR count). The van der Waals surface area contributed by atoms with E-state index >= 15 is 0 Å². The van der Waals surface area contributed by atoms with E-state index in [2.05, 4.69) is 31.2 Å². The number of hydrogen-bond acceptors (Lipinski definition) is 5. The standard InChI is InChI=1S/C33H40O5/c1-3-8-24(10-7-18-34)9-6-13-30(35)23-31(36)17-15-26-21-29(33(37)32(22-26)38-2)20-25-14-16-27-11-4-5-12-28(27)19-25/h4-5,11-12,14-17,19,21-22,24,34,37H,3,6-10,13,18,20,23H2,1-2H3. The number of hydrogen-bond donors (Lipinski definition) is 2. The molecule has 0 aliphatic carbocycles. The molecule has 1 unspecified atom stereocenters. The van der Waals surface area contributed by atoms with Gasteiger partial charge in [-0.2, -0.15) is 0 Å². The monoisotopic (exact) mass is 516 g/mol. The number of aliphatic hydroxyl groups excluding tert-OH is 1. The van der Waals surface area contributed by atoms with E-state index in [9.17, 15) is 14.7 Å². The van der Waals surface area contributed by atoms with Gasteiger partial charge in [0.15, 0.2) is 17.3 Å². The topological polar surface area (TPSA) is 83.8 Å². The molecule has 0 bridgehead atoms. The first-order chi connectivity index (χ1) is 18.4. The molecule has 0 spiro atoms. The van der Waals surface area contributed by atoms with Crippen LogP contribution in [0.15, 0.2) is 60.7 Å². The van der Waals surface area contributed by atoms with E-state index in [0.29, 0.717) is 30.1 Å². The van der Waals surface area contributed by atoms with Crippen LogP contribution >= 0.6 is 0 Å². The number of ether oxygens (including phenoxy) is 1. The molecule has 0 amide bonds. The molecule has 0 heterocycles. The smallest absolute Gasteiger partial charge is 0.163 e. The number of carbonyl (C=O) groups excluding carboxylic acids is 2. The van der Waals surface area contributed by atoms with Gasteiger partial charge in [-0.3, -0.25) is 9.59 Å². The van der Waals surface area contributed by atoms with Crippen LogP contribution in [0, 0.1) is 5.92 Å². The molecule has 202 valence electrons. The molecule has 0 radical (unpaired) electrons. The minimum absolute atomic E-state index is 0.0441. The van der Waals surface area contributed by atoms with Crippen LogP contribution in [0.5, 0.6) is 11.5 Å². The fourth-order valence-electron chi connectivity index (χ4n) is 4.98. The van der Waals surface area contributed by atoms with Crippen LogP contribution in [0.1, 0.15) is 75.0 Å². The van der Waals surface area contributed by atoms with Gasteiger partial charge in [0.25, 0.3) is 0 Å². The Balaban J connectivity index is 1.60. The predicted octanol–water partition coefficient (Wildman–Crippen LogP) is 7.05. The summed E-state index contributed by atoms with van der Waals surface area (Å²) in [6.45, 7) is 2.36. The lowest BCUT2D eigenvalue weighted by Gasteiger charge is -2.14. The van der Waals surface area contributed by atoms with Crippen molar-refractivity contribution in [2.24, 2.45) is 5.92 Å². The van der Waals surface area contributed by atoms with Gasteiger partial charge in [-0.15, -0.1) is 0 Å². The average molecular weight is 517 g/mol. The van der Waals surface area contributed by atoms with Crippen molar-refractivity contribution in [3.63, 3.8) is 0 Å². The Labute approximate surface area is 226 Å². The van der Waals surface area contributed by atoms with Crippen molar-refractivity contribution in [1.82, 2.24) is 0 Å². The number of methoxy groups -OCH3 is 1. The minimum atomic E-state index is -0.233. The van der Waals surface area contributed by atoms with E-state index in [1.165, 1.54) is 13.2 Å². The quantitative estimate of drug-likeness (QED) is 0.157. The van der Waals surface area contributed by atoms with E-state index in [0.717, 1.165) is 60.4 Å². The number of phenols is 1. The van der Waals surface area contributed by atoms with Crippen LogP contribution in [-0.4, -0.2) is 35.5 Å². The number of aromatic hydroxyl groups is 1. The molecule has 0 saturated heterocycles. The second-order valence-electron chi connectivity index (χ2n) is 10.0. The molecule has 0 aromatic heterocycles. The number of ketones is 2. The molecular formula is C33H40O5. The summed E-state index contributed by atoms with van der Waals surface area (Å²) in [6, 6.07) is 17.9. The largest absolute Gasteiger partial charge is 0.504 e. The van der Waals surface area contributed by atoms with Crippen molar-refractivity contribution in [3.05, 3.63) is 77.4 Å². The fourth-order valence-corrected chi connectivity index (χ4v) is 4.98. The van der Waals surface area contributed by atoms with Gasteiger partial charge in [0.2, 0.25) is 0 Å². The zero-order valence-corrected chi connectivity index (χ0v) is 22.6. The molecular weight excluding hydrogens is 476 g/mol. The third kappa shape index (κ3) is 8.84. The molecule has 5 nitrogen and oxygen atoms in total. The van der Waals surface area contributed by atoms with Gasteiger partial charge in [0.05, 0.1) is 13.5 Å². The molecule has 0 aliphatic heterocycles. The summed E-state index contributed by atoms with van der Waals surface area (Å²) >= 11 is 0. The highest BCUT2D eigenvalue weighted by Gasteiger charge is 2.13. The maximum absolute atomic E-state index is 12.5. The van der Waals surface area contributed by atoms with Crippen LogP contribution < -0.4 is 4.74 Å². The molecule has 38 heavy (non-hydrogen) atoms. The van der Waals surface area contributed by atoms with Crippen molar-refractivity contribution < 1.29 is 24.5 Å². The second kappa shape index (κ2) is 15.1. The van der Waals surface area contributed by atoms with Gasteiger partial charge in [-0.1, -0.05) is 74.7 Å². The van der Waals surface area contributed by atoms with Gasteiger partial charge >= 0.3 is 0 Å². The number of aliphatic hydroxyl groups is 1. The minimum Gasteiger partial charge on any atom is -0.504 e. The lowest BCUT2D eigenvalue weighted by molar-refractivity contribution is -0.124. The van der Waals surface area contributed by atoms with Crippen molar-refractivity contribution in [3.8, 4) is 11.5 Å². The summed E-state index contributed by atoms with van der Waals surface area (Å²) in [5.74, 6) is 0.679. The van der Waals surface area contributed by atoms with E-state index in [-0.39, 0.29) is 30.3 Å². The second-order valence-corrected chi connectivity index (χ2v) is 10.0. The van der Waals surface area contributed by atoms with Crippen LogP contribution in [0.2, 0.25) is 0 Å². The Morgan fingerprint density at radius 2 is 1.74 bits per heavy atom. The first kappa shape index (κ1) is 29.1. The Kier molecular flexibility index (Phi) is 11.6. The average Bonchev–Trinajstić information content (AvgIpc) is 2.91. The highest BCUT2D eigenvalue weighted by Crippen LogP contribution is 2.34. The first-order valence-electron chi connectivity index (χ1n) is 13.6. The van der Waals surface area contributed by atoms with Gasteiger partial charge in [-0.05, 0) is 65.3 Å². The normalized spacial score (nSPS) is 12.2. The number of fused-ring (bicyclic) bond motifs is 1. The van der Waals surface area contributed by atoms with Crippen LogP contribution in [0.4, 0.5) is 0 Å². The van der Waals surface area contributed by atoms with Crippen LogP contribution in [-0.2, 0) is 16.0 Å². The summed E-state index contributed by atoms with van der Waals surface area (Å²) in [6.07, 6.45) is 9.64. The number of phenolic OH excluding ortho intramolecular Hbond substituents is 1. The van der Waals surface area contributed by atoms with Crippen molar-refractivity contribution in [2.45, 2.75) is 64.7 Å². The highest BCUT2D eigenvalue weighted by atomic mass is 16.5. The van der Waals surface area contributed by atoms with E-state index < -0.39 is 0 Å². The summed E-state index contributed by atoms with van der Waals surface area (Å²) in [5.41, 5.74) is 2.48. The molecule has 5 heteroatoms. The number of Topliss-reactive ketones (excluding diaryl/α,β-unsaturated/α-hetero) is 1. The van der Waals surface area contributed by atoms with E-state index in [4.69, 9.17) is 9.84 Å². The zero-order valence-electron chi connectivity index (χ0n) is 22.6. The maximum Gasteiger partial charge on any atom is 0.163 e. The van der Waals surface area contributed by atoms with Gasteiger partial charge in [0, 0.05) is 25.0 Å². The Bertz CT molecular complexity index is 1240. The van der Waals surface area contributed by atoms with Crippen LogP contribution in [0.3, 0.4) is 0 Å². The van der Waals surface area contributed by atoms with Crippen molar-refractivity contribution in [1.29, 1.82) is 0 Å². The van der Waals surface area contributed by atoms with Gasteiger partial charge in [-0.25, -0.2) is 0 Å². The Morgan fingerprint density at radius 1 is 0.974 bits per heavy atom. The summed E-state index contributed by atoms with van der Waals surface area (Å²) < 4.78 is 5.37. The lowest BCUT2D eigenvalue weighted by Crippen LogP contribution is -2.07. The van der Waals surface area contributed by atoms with Crippen molar-refractivity contribution in [2.75, 3.05) is 13.7 Å².